The van der Waals surface area contributed by atoms with Crippen LogP contribution >= 0.6 is 0 Å². The van der Waals surface area contributed by atoms with Crippen molar-refractivity contribution in [2.24, 2.45) is 13.0 Å². The van der Waals surface area contributed by atoms with Crippen molar-refractivity contribution < 1.29 is 9.53 Å². The molecule has 0 spiro atoms. The average molecular weight is 356 g/mol. The number of carbonyl (C=O) groups is 1. The first-order valence-corrected chi connectivity index (χ1v) is 8.27. The molecule has 0 saturated heterocycles. The van der Waals surface area contributed by atoms with Gasteiger partial charge in [0.05, 0.1) is 5.56 Å². The molecule has 0 aliphatic carbocycles. The lowest BCUT2D eigenvalue weighted by molar-refractivity contribution is 0.0378. The molecule has 0 atom stereocenters. The summed E-state index contributed by atoms with van der Waals surface area (Å²) in [7, 11) is 1.42. The summed E-state index contributed by atoms with van der Waals surface area (Å²) in [5, 5.41) is 0. The highest BCUT2D eigenvalue weighted by Crippen LogP contribution is 2.10. The van der Waals surface area contributed by atoms with E-state index in [9.17, 15) is 14.4 Å². The molecule has 8 nitrogen and oxygen atoms in total. The molecule has 136 valence electrons. The molecule has 0 radical (unpaired) electrons. The molecule has 1 aromatic carbocycles. The fraction of sp³-hybridized carbons (Fsp3) is 0.333. The average Bonchev–Trinajstić information content (AvgIpc) is 3.06. The summed E-state index contributed by atoms with van der Waals surface area (Å²) in [4.78, 5) is 41.2. The van der Waals surface area contributed by atoms with Gasteiger partial charge in [0.1, 0.15) is 6.33 Å². The maximum atomic E-state index is 12.5. The third kappa shape index (κ3) is 3.17. The number of esters is 1. The Morgan fingerprint density at radius 2 is 1.88 bits per heavy atom. The predicted octanol–water partition coefficient (Wildman–Crippen LogP) is 1.37. The summed E-state index contributed by atoms with van der Waals surface area (Å²) in [6.45, 7) is 4.22. The summed E-state index contributed by atoms with van der Waals surface area (Å²) in [6, 6.07) is 8.58. The van der Waals surface area contributed by atoms with Crippen molar-refractivity contribution in [2.45, 2.75) is 27.1 Å². The Bertz CT molecular complexity index is 1060. The first-order valence-electron chi connectivity index (χ1n) is 8.27. The van der Waals surface area contributed by atoms with Crippen LogP contribution in [0, 0.1) is 5.92 Å². The van der Waals surface area contributed by atoms with Crippen LogP contribution in [0.2, 0.25) is 0 Å². The molecule has 0 aliphatic heterocycles. The maximum Gasteiger partial charge on any atom is 0.339 e. The molecule has 0 amide bonds. The van der Waals surface area contributed by atoms with E-state index in [0.717, 1.165) is 4.57 Å². The molecule has 0 bridgehead atoms. The second-order valence-corrected chi connectivity index (χ2v) is 6.46. The molecule has 0 N–H and O–H groups in total. The number of benzene rings is 1. The van der Waals surface area contributed by atoms with Crippen LogP contribution in [-0.4, -0.2) is 24.7 Å². The molecule has 0 unspecified atom stereocenters. The van der Waals surface area contributed by atoms with Gasteiger partial charge in [-0.3, -0.25) is 18.5 Å². The zero-order valence-electron chi connectivity index (χ0n) is 14.9. The third-order valence-corrected chi connectivity index (χ3v) is 3.99. The van der Waals surface area contributed by atoms with E-state index >= 15 is 0 Å². The van der Waals surface area contributed by atoms with Crippen molar-refractivity contribution in [3.05, 3.63) is 63.1 Å². The van der Waals surface area contributed by atoms with Crippen LogP contribution in [0.15, 0.2) is 46.2 Å². The minimum Gasteiger partial charge on any atom is -0.440 e. The van der Waals surface area contributed by atoms with E-state index in [1.807, 2.05) is 13.8 Å². The number of aromatic nitrogens is 4. The Hall–Kier alpha value is -3.16. The van der Waals surface area contributed by atoms with Gasteiger partial charge in [0.25, 0.3) is 5.56 Å². The van der Waals surface area contributed by atoms with Gasteiger partial charge in [0.15, 0.2) is 17.9 Å². The molecular formula is C18H20N4O4. The van der Waals surface area contributed by atoms with Crippen molar-refractivity contribution in [3.8, 4) is 0 Å². The summed E-state index contributed by atoms with van der Waals surface area (Å²) in [5.74, 6) is -0.297. The highest BCUT2D eigenvalue weighted by molar-refractivity contribution is 5.89. The van der Waals surface area contributed by atoms with Gasteiger partial charge in [0.2, 0.25) is 0 Å². The Kier molecular flexibility index (Phi) is 4.75. The second kappa shape index (κ2) is 6.99. The molecule has 0 fully saturated rings. The zero-order chi connectivity index (χ0) is 18.8. The molecular weight excluding hydrogens is 336 g/mol. The highest BCUT2D eigenvalue weighted by Gasteiger charge is 2.17. The minimum absolute atomic E-state index is 0.167. The van der Waals surface area contributed by atoms with Crippen molar-refractivity contribution in [1.82, 2.24) is 18.7 Å². The summed E-state index contributed by atoms with van der Waals surface area (Å²) >= 11 is 0. The number of ether oxygens (including phenoxy) is 1. The van der Waals surface area contributed by atoms with E-state index < -0.39 is 17.2 Å². The van der Waals surface area contributed by atoms with E-state index in [1.165, 1.54) is 22.5 Å². The van der Waals surface area contributed by atoms with Crippen LogP contribution in [0.4, 0.5) is 0 Å². The van der Waals surface area contributed by atoms with Gasteiger partial charge < -0.3 is 4.74 Å². The first kappa shape index (κ1) is 17.7. The second-order valence-electron chi connectivity index (χ2n) is 6.46. The van der Waals surface area contributed by atoms with Gasteiger partial charge in [0, 0.05) is 13.6 Å². The standard InChI is InChI=1S/C18H20N4O4/c1-12(2)9-22-15-14(16(23)20(3)18(22)25)21(10-19-15)11-26-17(24)13-7-5-4-6-8-13/h4-8,10,12H,9,11H2,1-3H3. The van der Waals surface area contributed by atoms with Crippen LogP contribution in [0.25, 0.3) is 11.2 Å². The summed E-state index contributed by atoms with van der Waals surface area (Å²) in [6.07, 6.45) is 1.40. The van der Waals surface area contributed by atoms with E-state index in [2.05, 4.69) is 4.98 Å². The van der Waals surface area contributed by atoms with Crippen molar-refractivity contribution in [1.29, 1.82) is 0 Å². The van der Waals surface area contributed by atoms with Crippen LogP contribution in [-0.2, 0) is 25.1 Å². The predicted molar refractivity (Wildman–Crippen MR) is 95.9 cm³/mol. The van der Waals surface area contributed by atoms with Crippen molar-refractivity contribution in [3.63, 3.8) is 0 Å². The molecule has 8 heteroatoms. The van der Waals surface area contributed by atoms with Gasteiger partial charge in [-0.15, -0.1) is 0 Å². The summed E-state index contributed by atoms with van der Waals surface area (Å²) < 4.78 is 9.23. The van der Waals surface area contributed by atoms with Crippen LogP contribution in [0.1, 0.15) is 24.2 Å². The lowest BCUT2D eigenvalue weighted by atomic mass is 10.2. The van der Waals surface area contributed by atoms with Crippen LogP contribution < -0.4 is 11.2 Å². The van der Waals surface area contributed by atoms with Gasteiger partial charge in [-0.25, -0.2) is 14.6 Å². The largest absolute Gasteiger partial charge is 0.440 e. The number of hydrogen-bond acceptors (Lipinski definition) is 5. The maximum absolute atomic E-state index is 12.5. The number of imidazole rings is 1. The number of hydrogen-bond donors (Lipinski definition) is 0. The molecule has 0 aliphatic rings. The Morgan fingerprint density at radius 1 is 1.19 bits per heavy atom. The fourth-order valence-corrected chi connectivity index (χ4v) is 2.72. The van der Waals surface area contributed by atoms with Crippen molar-refractivity contribution >= 4 is 17.1 Å². The molecule has 2 aromatic heterocycles. The van der Waals surface area contributed by atoms with E-state index in [0.29, 0.717) is 17.8 Å². The Labute approximate surface area is 149 Å². The lowest BCUT2D eigenvalue weighted by Gasteiger charge is -2.12. The SMILES string of the molecule is CC(C)Cn1c(=O)n(C)c(=O)c2c1ncn2COC(=O)c1ccccc1. The van der Waals surface area contributed by atoms with E-state index in [4.69, 9.17) is 4.74 Å². The number of nitrogens with zero attached hydrogens (tertiary/aromatic N) is 4. The Balaban J connectivity index is 1.98. The monoisotopic (exact) mass is 356 g/mol. The Morgan fingerprint density at radius 3 is 2.54 bits per heavy atom. The van der Waals surface area contributed by atoms with Gasteiger partial charge in [-0.2, -0.15) is 0 Å². The molecule has 0 saturated carbocycles. The fourth-order valence-electron chi connectivity index (χ4n) is 2.72. The molecule has 3 rings (SSSR count). The zero-order valence-corrected chi connectivity index (χ0v) is 14.9. The highest BCUT2D eigenvalue weighted by atomic mass is 16.5. The number of rotatable bonds is 5. The third-order valence-electron chi connectivity index (χ3n) is 3.99. The van der Waals surface area contributed by atoms with Gasteiger partial charge in [-0.1, -0.05) is 32.0 Å². The topological polar surface area (TPSA) is 88.1 Å². The van der Waals surface area contributed by atoms with Crippen LogP contribution in [0.3, 0.4) is 0 Å². The van der Waals surface area contributed by atoms with Crippen LogP contribution in [0.5, 0.6) is 0 Å². The minimum atomic E-state index is -0.500. The smallest absolute Gasteiger partial charge is 0.339 e. The van der Waals surface area contributed by atoms with E-state index in [-0.39, 0.29) is 18.2 Å². The lowest BCUT2D eigenvalue weighted by Crippen LogP contribution is -2.39. The first-order chi connectivity index (χ1) is 12.4. The summed E-state index contributed by atoms with van der Waals surface area (Å²) in [5.41, 5.74) is 0.0544. The number of carbonyl (C=O) groups excluding carboxylic acids is 1. The van der Waals surface area contributed by atoms with Crippen molar-refractivity contribution in [2.75, 3.05) is 0 Å². The van der Waals surface area contributed by atoms with E-state index in [1.54, 1.807) is 30.3 Å². The molecule has 3 aromatic rings. The van der Waals surface area contributed by atoms with Gasteiger partial charge in [-0.05, 0) is 18.1 Å². The molecule has 26 heavy (non-hydrogen) atoms. The van der Waals surface area contributed by atoms with Gasteiger partial charge >= 0.3 is 11.7 Å². The number of fused-ring (bicyclic) bond motifs is 1. The quantitative estimate of drug-likeness (QED) is 0.644. The molecule has 2 heterocycles. The normalized spacial score (nSPS) is 11.2.